The second-order valence-electron chi connectivity index (χ2n) is 19.1. The number of imidazole rings is 1. The Balaban J connectivity index is 0.000000201. The van der Waals surface area contributed by atoms with Crippen molar-refractivity contribution in [2.45, 2.75) is 41.5 Å². The predicted molar refractivity (Wildman–Crippen MR) is 258 cm³/mol. The number of Topliss-reactive ketones (excluding diaryl/α,β-unsaturated/α-hetero) is 2. The number of piperazine rings is 2. The lowest BCUT2D eigenvalue weighted by atomic mass is 9.89. The van der Waals surface area contributed by atoms with E-state index in [-0.39, 0.29) is 35.6 Å². The van der Waals surface area contributed by atoms with E-state index in [0.29, 0.717) is 82.9 Å². The number of carbonyl (C=O) groups excluding carboxylic acids is 6. The van der Waals surface area contributed by atoms with Crippen molar-refractivity contribution < 1.29 is 38.2 Å². The molecule has 0 bridgehead atoms. The van der Waals surface area contributed by atoms with Gasteiger partial charge >= 0.3 is 12.2 Å². The number of anilines is 2. The summed E-state index contributed by atoms with van der Waals surface area (Å²) in [6.07, 6.45) is 4.14. The van der Waals surface area contributed by atoms with Crippen LogP contribution in [0.15, 0.2) is 91.4 Å². The van der Waals surface area contributed by atoms with Crippen LogP contribution in [-0.4, -0.2) is 141 Å². The van der Waals surface area contributed by atoms with Crippen molar-refractivity contribution in [1.82, 2.24) is 39.0 Å². The number of aromatic amines is 1. The number of nitrogens with zero attached hydrogens (tertiary/aromatic N) is 7. The molecule has 356 valence electrons. The third kappa shape index (κ3) is 12.1. The zero-order valence-electron chi connectivity index (χ0n) is 39.7. The van der Waals surface area contributed by atoms with Crippen molar-refractivity contribution >= 4 is 63.6 Å². The van der Waals surface area contributed by atoms with Crippen molar-refractivity contribution in [3.8, 4) is 11.5 Å². The lowest BCUT2D eigenvalue weighted by Gasteiger charge is -2.31. The number of likely N-dealkylation sites (N-methyl/N-ethyl adjacent to an activating group) is 2. The summed E-state index contributed by atoms with van der Waals surface area (Å²) in [4.78, 5) is 94.4. The maximum atomic E-state index is 12.7. The van der Waals surface area contributed by atoms with Gasteiger partial charge in [0, 0.05) is 92.1 Å². The number of amides is 4. The number of fused-ring (bicyclic) bond motifs is 2. The summed E-state index contributed by atoms with van der Waals surface area (Å²) in [6.45, 7) is 16.9. The molecule has 2 fully saturated rings. The number of carbonyl (C=O) groups is 6. The van der Waals surface area contributed by atoms with Crippen LogP contribution in [0.4, 0.5) is 21.0 Å². The van der Waals surface area contributed by atoms with Gasteiger partial charge < -0.3 is 49.1 Å². The van der Waals surface area contributed by atoms with Crippen molar-refractivity contribution in [2.24, 2.45) is 10.8 Å². The van der Waals surface area contributed by atoms with Crippen LogP contribution in [0.5, 0.6) is 11.5 Å². The van der Waals surface area contributed by atoms with Gasteiger partial charge in [-0.05, 0) is 86.9 Å². The molecule has 0 aliphatic carbocycles. The fourth-order valence-corrected chi connectivity index (χ4v) is 7.23. The van der Waals surface area contributed by atoms with Crippen LogP contribution in [0.1, 0.15) is 83.2 Å². The van der Waals surface area contributed by atoms with Crippen LogP contribution in [0, 0.1) is 10.8 Å². The number of pyridine rings is 2. The van der Waals surface area contributed by atoms with Gasteiger partial charge in [-0.3, -0.25) is 19.2 Å². The van der Waals surface area contributed by atoms with Crippen LogP contribution < -0.4 is 20.1 Å². The van der Waals surface area contributed by atoms with E-state index in [1.165, 1.54) is 6.20 Å². The number of aromatic nitrogens is 4. The van der Waals surface area contributed by atoms with Crippen LogP contribution in [0.3, 0.4) is 0 Å². The van der Waals surface area contributed by atoms with E-state index in [9.17, 15) is 28.8 Å². The topological polar surface area (TPSA) is 204 Å². The average molecular weight is 927 g/mol. The minimum Gasteiger partial charge on any atom is -0.410 e. The van der Waals surface area contributed by atoms with Crippen molar-refractivity contribution in [3.05, 3.63) is 114 Å². The molecule has 4 aromatic heterocycles. The summed E-state index contributed by atoms with van der Waals surface area (Å²) in [5.74, 6) is 0.0880. The van der Waals surface area contributed by atoms with Crippen molar-refractivity contribution in [3.63, 3.8) is 0 Å². The van der Waals surface area contributed by atoms with Gasteiger partial charge in [0.15, 0.2) is 11.6 Å². The van der Waals surface area contributed by atoms with Crippen LogP contribution in [-0.2, 0) is 0 Å². The molecule has 8 rings (SSSR count). The Labute approximate surface area is 394 Å². The summed E-state index contributed by atoms with van der Waals surface area (Å²) < 4.78 is 12.6. The van der Waals surface area contributed by atoms with Gasteiger partial charge in [-0.25, -0.2) is 19.6 Å². The Morgan fingerprint density at radius 2 is 1.07 bits per heavy atom. The highest BCUT2D eigenvalue weighted by molar-refractivity contribution is 6.06. The molecule has 2 aromatic carbocycles. The average Bonchev–Trinajstić information content (AvgIpc) is 3.93. The number of ketones is 2. The second kappa shape index (κ2) is 20.2. The van der Waals surface area contributed by atoms with Gasteiger partial charge in [-0.2, -0.15) is 0 Å². The minimum absolute atomic E-state index is 0.00972. The van der Waals surface area contributed by atoms with Gasteiger partial charge in [-0.15, -0.1) is 0 Å². The Morgan fingerprint density at radius 3 is 1.56 bits per heavy atom. The van der Waals surface area contributed by atoms with E-state index in [1.54, 1.807) is 99.4 Å². The van der Waals surface area contributed by atoms with Gasteiger partial charge in [0.2, 0.25) is 0 Å². The summed E-state index contributed by atoms with van der Waals surface area (Å²) in [6, 6.07) is 19.8. The highest BCUT2D eigenvalue weighted by atomic mass is 16.6. The van der Waals surface area contributed by atoms with E-state index in [2.05, 4.69) is 35.4 Å². The SMILES string of the molecule is CN1CCN(C(=O)Oc2ccc(C(=O)Nc3ccc4nc(C(=O)C(C)(C)C)cn4c3)cc2)CC1.CN1CCN(C(=O)Oc2ccc(C(=O)Nc3cnc4[nH]c(C(=O)C(C)(C)C)cc4c3)cc2)CC1. The molecule has 0 radical (unpaired) electrons. The second-order valence-corrected chi connectivity index (χ2v) is 19.1. The number of hydrogen-bond donors (Lipinski definition) is 3. The Bertz CT molecular complexity index is 2630. The molecule has 6 aromatic rings. The Kier molecular flexibility index (Phi) is 14.4. The highest BCUT2D eigenvalue weighted by Gasteiger charge is 2.27. The number of H-pyrrole nitrogens is 1. The summed E-state index contributed by atoms with van der Waals surface area (Å²) in [5.41, 5.74) is 2.95. The molecule has 0 spiro atoms. The maximum Gasteiger partial charge on any atom is 0.415 e. The van der Waals surface area contributed by atoms with Crippen molar-refractivity contribution in [1.29, 1.82) is 0 Å². The Morgan fingerprint density at radius 1 is 0.588 bits per heavy atom. The smallest absolute Gasteiger partial charge is 0.410 e. The van der Waals surface area contributed by atoms with Crippen LogP contribution in [0.2, 0.25) is 0 Å². The molecule has 0 saturated carbocycles. The lowest BCUT2D eigenvalue weighted by Crippen LogP contribution is -2.48. The van der Waals surface area contributed by atoms with Crippen LogP contribution >= 0.6 is 0 Å². The molecule has 18 heteroatoms. The van der Waals surface area contributed by atoms with Crippen LogP contribution in [0.25, 0.3) is 16.7 Å². The third-order valence-corrected chi connectivity index (χ3v) is 11.4. The largest absolute Gasteiger partial charge is 0.415 e. The summed E-state index contributed by atoms with van der Waals surface area (Å²) >= 11 is 0. The van der Waals surface area contributed by atoms with E-state index in [1.807, 2.05) is 55.6 Å². The fraction of sp³-hybridized carbons (Fsp3) is 0.360. The summed E-state index contributed by atoms with van der Waals surface area (Å²) in [5, 5.41) is 6.39. The molecular formula is C50H58N10O8. The normalized spacial score (nSPS) is 14.8. The fourth-order valence-electron chi connectivity index (χ4n) is 7.23. The highest BCUT2D eigenvalue weighted by Crippen LogP contribution is 2.26. The van der Waals surface area contributed by atoms with Gasteiger partial charge in [0.25, 0.3) is 11.8 Å². The lowest BCUT2D eigenvalue weighted by molar-refractivity contribution is 0.0848. The van der Waals surface area contributed by atoms with E-state index < -0.39 is 10.8 Å². The predicted octanol–water partition coefficient (Wildman–Crippen LogP) is 7.35. The standard InChI is InChI=1S/2C25H29N5O4/c1-25(2,3)22(31)20-16-30-15-18(7-10-21(30)27-20)26-23(32)17-5-8-19(9-6-17)34-24(33)29-13-11-28(4)12-14-29;1-25(2,3)21(31)20-14-17-13-18(15-26-22(17)28-20)27-23(32)16-5-7-19(8-6-16)34-24(33)30-11-9-29(4)10-12-30/h5-10,15-16H,11-14H2,1-4H3,(H,26,32);5-8,13-15H,9-12H2,1-4H3,(H,26,28)(H,27,32). The molecule has 2 aliphatic rings. The summed E-state index contributed by atoms with van der Waals surface area (Å²) in [7, 11) is 4.04. The minimum atomic E-state index is -0.528. The molecule has 3 N–H and O–H groups in total. The zero-order valence-corrected chi connectivity index (χ0v) is 39.7. The first-order valence-corrected chi connectivity index (χ1v) is 22.4. The number of rotatable bonds is 8. The third-order valence-electron chi connectivity index (χ3n) is 11.4. The van der Waals surface area contributed by atoms with E-state index in [0.717, 1.165) is 31.6 Å². The molecule has 2 saturated heterocycles. The molecule has 0 atom stereocenters. The molecule has 68 heavy (non-hydrogen) atoms. The van der Waals surface area contributed by atoms with E-state index in [4.69, 9.17) is 9.47 Å². The first kappa shape index (κ1) is 48.5. The van der Waals surface area contributed by atoms with Crippen molar-refractivity contribution in [2.75, 3.05) is 77.1 Å². The molecule has 6 heterocycles. The maximum absolute atomic E-state index is 12.7. The van der Waals surface area contributed by atoms with Gasteiger partial charge in [0.05, 0.1) is 23.3 Å². The van der Waals surface area contributed by atoms with Gasteiger partial charge in [-0.1, -0.05) is 41.5 Å². The first-order chi connectivity index (χ1) is 32.2. The monoisotopic (exact) mass is 926 g/mol. The quantitative estimate of drug-likeness (QED) is 0.128. The molecule has 4 amide bonds. The molecular weight excluding hydrogens is 869 g/mol. The molecule has 0 unspecified atom stereocenters. The first-order valence-electron chi connectivity index (χ1n) is 22.4. The molecule has 2 aliphatic heterocycles. The number of nitrogens with one attached hydrogen (secondary N) is 3. The Hall–Kier alpha value is -7.44. The van der Waals surface area contributed by atoms with Gasteiger partial charge in [0.1, 0.15) is 28.5 Å². The number of hydrogen-bond acceptors (Lipinski definition) is 12. The van der Waals surface area contributed by atoms with E-state index >= 15 is 0 Å². The number of ether oxygens (including phenoxy) is 2. The molecule has 18 nitrogen and oxygen atoms in total. The zero-order chi connectivity index (χ0) is 48.9. The number of benzene rings is 2.